The number of anilines is 1. The first kappa shape index (κ1) is 16.0. The molecular formula is C13H10Cl2FNO3S. The second kappa shape index (κ2) is 6.19. The van der Waals surface area contributed by atoms with E-state index in [0.29, 0.717) is 0 Å². The predicted molar refractivity (Wildman–Crippen MR) is 79.6 cm³/mol. The van der Waals surface area contributed by atoms with Crippen LogP contribution in [0.1, 0.15) is 5.56 Å². The van der Waals surface area contributed by atoms with Crippen molar-refractivity contribution in [2.45, 2.75) is 11.5 Å². The average molecular weight is 350 g/mol. The van der Waals surface area contributed by atoms with Gasteiger partial charge in [-0.1, -0.05) is 29.3 Å². The van der Waals surface area contributed by atoms with Gasteiger partial charge in [0, 0.05) is 5.02 Å². The number of benzene rings is 2. The lowest BCUT2D eigenvalue weighted by atomic mass is 10.2. The Morgan fingerprint density at radius 1 is 1.14 bits per heavy atom. The average Bonchev–Trinajstić information content (AvgIpc) is 2.37. The third kappa shape index (κ3) is 3.65. The van der Waals surface area contributed by atoms with Gasteiger partial charge in [0.1, 0.15) is 10.7 Å². The van der Waals surface area contributed by atoms with Gasteiger partial charge in [-0.15, -0.1) is 0 Å². The van der Waals surface area contributed by atoms with E-state index in [2.05, 4.69) is 4.72 Å². The SMILES string of the molecule is O=S(=O)(Nc1cccc(F)c1)c1cc(CO)c(Cl)cc1Cl. The van der Waals surface area contributed by atoms with Crippen molar-refractivity contribution in [3.8, 4) is 0 Å². The fourth-order valence-electron chi connectivity index (χ4n) is 1.66. The Bertz CT molecular complexity index is 781. The lowest BCUT2D eigenvalue weighted by Gasteiger charge is -2.11. The zero-order valence-corrected chi connectivity index (χ0v) is 12.8. The lowest BCUT2D eigenvalue weighted by molar-refractivity contribution is 0.281. The molecule has 2 rings (SSSR count). The van der Waals surface area contributed by atoms with Gasteiger partial charge in [-0.2, -0.15) is 0 Å². The molecule has 21 heavy (non-hydrogen) atoms. The van der Waals surface area contributed by atoms with E-state index in [9.17, 15) is 12.8 Å². The van der Waals surface area contributed by atoms with E-state index in [0.717, 1.165) is 6.07 Å². The first-order valence-corrected chi connectivity index (χ1v) is 7.94. The number of sulfonamides is 1. The van der Waals surface area contributed by atoms with E-state index in [1.807, 2.05) is 0 Å². The minimum absolute atomic E-state index is 0.0616. The van der Waals surface area contributed by atoms with Gasteiger partial charge in [-0.05, 0) is 35.9 Å². The van der Waals surface area contributed by atoms with Crippen LogP contribution in [0.2, 0.25) is 10.0 Å². The Hall–Kier alpha value is -1.34. The zero-order chi connectivity index (χ0) is 15.6. The van der Waals surface area contributed by atoms with Crippen LogP contribution in [0, 0.1) is 5.82 Å². The summed E-state index contributed by atoms with van der Waals surface area (Å²) >= 11 is 11.7. The number of rotatable bonds is 4. The third-order valence-corrected chi connectivity index (χ3v) is 4.84. The molecule has 2 aromatic carbocycles. The molecule has 0 unspecified atom stereocenters. The van der Waals surface area contributed by atoms with E-state index in [4.69, 9.17) is 28.3 Å². The molecule has 0 radical (unpaired) electrons. The molecule has 2 N–H and O–H groups in total. The van der Waals surface area contributed by atoms with E-state index in [-0.39, 0.29) is 26.2 Å². The van der Waals surface area contributed by atoms with Crippen LogP contribution in [0.4, 0.5) is 10.1 Å². The smallest absolute Gasteiger partial charge is 0.263 e. The van der Waals surface area contributed by atoms with E-state index < -0.39 is 22.4 Å². The molecule has 0 aliphatic heterocycles. The van der Waals surface area contributed by atoms with Crippen LogP contribution in [-0.4, -0.2) is 13.5 Å². The fraction of sp³-hybridized carbons (Fsp3) is 0.0769. The molecule has 8 heteroatoms. The van der Waals surface area contributed by atoms with Crippen molar-refractivity contribution in [3.63, 3.8) is 0 Å². The van der Waals surface area contributed by atoms with Crippen molar-refractivity contribution < 1.29 is 17.9 Å². The van der Waals surface area contributed by atoms with Gasteiger partial charge in [0.25, 0.3) is 10.0 Å². The van der Waals surface area contributed by atoms with Crippen LogP contribution in [-0.2, 0) is 16.6 Å². The van der Waals surface area contributed by atoms with Gasteiger partial charge in [0.15, 0.2) is 0 Å². The highest BCUT2D eigenvalue weighted by molar-refractivity contribution is 7.92. The Morgan fingerprint density at radius 3 is 2.48 bits per heavy atom. The van der Waals surface area contributed by atoms with Crippen molar-refractivity contribution >= 4 is 38.9 Å². The van der Waals surface area contributed by atoms with Crippen molar-refractivity contribution in [2.75, 3.05) is 4.72 Å². The van der Waals surface area contributed by atoms with Gasteiger partial charge < -0.3 is 5.11 Å². The van der Waals surface area contributed by atoms with E-state index >= 15 is 0 Å². The van der Waals surface area contributed by atoms with Crippen LogP contribution in [0.15, 0.2) is 41.3 Å². The number of aliphatic hydroxyl groups excluding tert-OH is 1. The maximum atomic E-state index is 13.1. The van der Waals surface area contributed by atoms with Crippen molar-refractivity contribution in [1.82, 2.24) is 0 Å². The highest BCUT2D eigenvalue weighted by Crippen LogP contribution is 2.30. The summed E-state index contributed by atoms with van der Waals surface area (Å²) in [5, 5.41) is 9.20. The quantitative estimate of drug-likeness (QED) is 0.888. The van der Waals surface area contributed by atoms with Crippen molar-refractivity contribution in [3.05, 3.63) is 57.8 Å². The highest BCUT2D eigenvalue weighted by atomic mass is 35.5. The summed E-state index contributed by atoms with van der Waals surface area (Å²) in [5.74, 6) is -0.576. The normalized spacial score (nSPS) is 11.4. The van der Waals surface area contributed by atoms with E-state index in [1.54, 1.807) is 0 Å². The van der Waals surface area contributed by atoms with Gasteiger partial charge >= 0.3 is 0 Å². The molecule has 0 aliphatic rings. The van der Waals surface area contributed by atoms with Crippen LogP contribution in [0.25, 0.3) is 0 Å². The summed E-state index contributed by atoms with van der Waals surface area (Å²) < 4.78 is 39.8. The van der Waals surface area contributed by atoms with Gasteiger partial charge in [0.2, 0.25) is 0 Å². The molecule has 2 aromatic rings. The Labute approximate surface area is 131 Å². The molecule has 0 bridgehead atoms. The van der Waals surface area contributed by atoms with Gasteiger partial charge in [0.05, 0.1) is 17.3 Å². The summed E-state index contributed by atoms with van der Waals surface area (Å²) in [4.78, 5) is -0.248. The first-order valence-electron chi connectivity index (χ1n) is 5.70. The molecule has 0 saturated heterocycles. The molecule has 0 aromatic heterocycles. The minimum Gasteiger partial charge on any atom is -0.392 e. The van der Waals surface area contributed by atoms with E-state index in [1.165, 1.54) is 30.3 Å². The standard InChI is InChI=1S/C13H10Cl2FNO3S/c14-11-6-12(15)13(4-8(11)7-18)21(19,20)17-10-3-1-2-9(16)5-10/h1-6,17-18H,7H2. The number of halogens is 3. The van der Waals surface area contributed by atoms with Crippen LogP contribution in [0.3, 0.4) is 0 Å². The fourth-order valence-corrected chi connectivity index (χ4v) is 3.57. The van der Waals surface area contributed by atoms with Gasteiger partial charge in [-0.3, -0.25) is 4.72 Å². The first-order chi connectivity index (χ1) is 9.83. The minimum atomic E-state index is -4.03. The third-order valence-electron chi connectivity index (χ3n) is 2.64. The largest absolute Gasteiger partial charge is 0.392 e. The molecule has 0 saturated carbocycles. The molecular weight excluding hydrogens is 340 g/mol. The Balaban J connectivity index is 2.44. The van der Waals surface area contributed by atoms with Crippen molar-refractivity contribution in [2.24, 2.45) is 0 Å². The Morgan fingerprint density at radius 2 is 1.86 bits per heavy atom. The molecule has 0 heterocycles. The molecule has 0 amide bonds. The zero-order valence-electron chi connectivity index (χ0n) is 10.5. The summed E-state index contributed by atoms with van der Waals surface area (Å²) in [6.07, 6.45) is 0. The predicted octanol–water partition coefficient (Wildman–Crippen LogP) is 3.43. The molecule has 0 aliphatic carbocycles. The number of nitrogens with one attached hydrogen (secondary N) is 1. The summed E-state index contributed by atoms with van der Waals surface area (Å²) in [7, 11) is -4.03. The maximum Gasteiger partial charge on any atom is 0.263 e. The summed E-state index contributed by atoms with van der Waals surface area (Å²) in [5.41, 5.74) is 0.284. The molecule has 112 valence electrons. The summed E-state index contributed by atoms with van der Waals surface area (Å²) in [6.45, 7) is -0.432. The van der Waals surface area contributed by atoms with Crippen LogP contribution < -0.4 is 4.72 Å². The molecule has 0 atom stereocenters. The highest BCUT2D eigenvalue weighted by Gasteiger charge is 2.20. The number of aliphatic hydroxyl groups is 1. The second-order valence-corrected chi connectivity index (χ2v) is 6.61. The van der Waals surface area contributed by atoms with Crippen molar-refractivity contribution in [1.29, 1.82) is 0 Å². The summed E-state index contributed by atoms with van der Waals surface area (Å²) in [6, 6.07) is 7.40. The molecule has 4 nitrogen and oxygen atoms in total. The topological polar surface area (TPSA) is 66.4 Å². The van der Waals surface area contributed by atoms with Crippen LogP contribution in [0.5, 0.6) is 0 Å². The number of hydrogen-bond donors (Lipinski definition) is 2. The lowest BCUT2D eigenvalue weighted by Crippen LogP contribution is -2.14. The second-order valence-electron chi connectivity index (χ2n) is 4.15. The monoisotopic (exact) mass is 349 g/mol. The Kier molecular flexibility index (Phi) is 4.73. The number of hydrogen-bond acceptors (Lipinski definition) is 3. The maximum absolute atomic E-state index is 13.1. The van der Waals surface area contributed by atoms with Gasteiger partial charge in [-0.25, -0.2) is 12.8 Å². The van der Waals surface area contributed by atoms with Crippen LogP contribution >= 0.6 is 23.2 Å². The molecule has 0 spiro atoms. The molecule has 0 fully saturated rings.